The van der Waals surface area contributed by atoms with Crippen LogP contribution in [-0.2, 0) is 4.74 Å². The molecule has 5 nitrogen and oxygen atoms in total. The van der Waals surface area contributed by atoms with Crippen LogP contribution in [0.2, 0.25) is 0 Å². The van der Waals surface area contributed by atoms with Crippen LogP contribution in [0.1, 0.15) is 16.1 Å². The van der Waals surface area contributed by atoms with Crippen molar-refractivity contribution < 1.29 is 18.3 Å². The molecule has 0 N–H and O–H groups in total. The average Bonchev–Trinajstić information content (AvgIpc) is 3.01. The first-order valence-electron chi connectivity index (χ1n) is 7.05. The summed E-state index contributed by atoms with van der Waals surface area (Å²) in [5.74, 6) is -1.71. The van der Waals surface area contributed by atoms with Crippen molar-refractivity contribution in [1.29, 1.82) is 5.26 Å². The highest BCUT2D eigenvalue weighted by atomic mass is 19.1. The van der Waals surface area contributed by atoms with E-state index in [4.69, 9.17) is 4.74 Å². The summed E-state index contributed by atoms with van der Waals surface area (Å²) >= 11 is 0. The van der Waals surface area contributed by atoms with Crippen molar-refractivity contribution >= 4 is 5.91 Å². The lowest BCUT2D eigenvalue weighted by Gasteiger charge is -2.27. The fraction of sp³-hybridized carbons (Fsp3) is 0.250. The number of hydrogen-bond donors (Lipinski definition) is 0. The van der Waals surface area contributed by atoms with Crippen molar-refractivity contribution in [2.24, 2.45) is 0 Å². The van der Waals surface area contributed by atoms with Crippen molar-refractivity contribution in [2.75, 3.05) is 26.3 Å². The van der Waals surface area contributed by atoms with Gasteiger partial charge in [0.1, 0.15) is 23.4 Å². The topological polar surface area (TPSA) is 58.3 Å². The van der Waals surface area contributed by atoms with Crippen molar-refractivity contribution in [3.8, 4) is 11.8 Å². The predicted molar refractivity (Wildman–Crippen MR) is 77.1 cm³/mol. The van der Waals surface area contributed by atoms with E-state index in [1.54, 1.807) is 0 Å². The lowest BCUT2D eigenvalue weighted by molar-refractivity contribution is 0.0297. The van der Waals surface area contributed by atoms with Gasteiger partial charge in [-0.2, -0.15) is 5.26 Å². The van der Waals surface area contributed by atoms with E-state index in [0.29, 0.717) is 26.3 Å². The Morgan fingerprint density at radius 2 is 1.96 bits per heavy atom. The molecule has 0 aliphatic carbocycles. The normalized spacial score (nSPS) is 14.6. The molecule has 1 aromatic heterocycles. The summed E-state index contributed by atoms with van der Waals surface area (Å²) in [5.41, 5.74) is 0.0344. The number of carbonyl (C=O) groups is 1. The van der Waals surface area contributed by atoms with E-state index in [1.807, 2.05) is 6.07 Å². The summed E-state index contributed by atoms with van der Waals surface area (Å²) in [6.07, 6.45) is 1.39. The first-order chi connectivity index (χ1) is 11.1. The number of nitrogens with zero attached hydrogens (tertiary/aromatic N) is 3. The third kappa shape index (κ3) is 2.81. The molecule has 0 bridgehead atoms. The van der Waals surface area contributed by atoms with Gasteiger partial charge in [0.25, 0.3) is 5.91 Å². The molecule has 3 rings (SSSR count). The third-order valence-corrected chi connectivity index (χ3v) is 3.68. The molecular weight excluding hydrogens is 304 g/mol. The Balaban J connectivity index is 2.09. The van der Waals surface area contributed by atoms with Crippen molar-refractivity contribution in [2.45, 2.75) is 0 Å². The number of aromatic nitrogens is 1. The van der Waals surface area contributed by atoms with Gasteiger partial charge in [0.05, 0.1) is 24.5 Å². The molecule has 1 saturated heterocycles. The number of ether oxygens (including phenoxy) is 1. The van der Waals surface area contributed by atoms with Crippen LogP contribution in [0, 0.1) is 23.0 Å². The fourth-order valence-corrected chi connectivity index (χ4v) is 2.53. The Labute approximate surface area is 131 Å². The maximum Gasteiger partial charge on any atom is 0.272 e. The Morgan fingerprint density at radius 1 is 1.22 bits per heavy atom. The van der Waals surface area contributed by atoms with E-state index in [1.165, 1.54) is 21.7 Å². The molecule has 0 saturated carbocycles. The monoisotopic (exact) mass is 317 g/mol. The molecule has 1 amide bonds. The number of amides is 1. The minimum Gasteiger partial charge on any atom is -0.378 e. The number of rotatable bonds is 2. The van der Waals surface area contributed by atoms with Gasteiger partial charge in [0.15, 0.2) is 0 Å². The summed E-state index contributed by atoms with van der Waals surface area (Å²) < 4.78 is 33.9. The van der Waals surface area contributed by atoms with Crippen LogP contribution in [-0.4, -0.2) is 41.7 Å². The minimum absolute atomic E-state index is 0.0268. The van der Waals surface area contributed by atoms with Gasteiger partial charge in [-0.15, -0.1) is 0 Å². The zero-order chi connectivity index (χ0) is 16.4. The molecule has 1 aromatic carbocycles. The van der Waals surface area contributed by atoms with E-state index < -0.39 is 17.5 Å². The zero-order valence-electron chi connectivity index (χ0n) is 12.1. The smallest absolute Gasteiger partial charge is 0.272 e. The van der Waals surface area contributed by atoms with Gasteiger partial charge in [-0.3, -0.25) is 4.79 Å². The van der Waals surface area contributed by atoms with Crippen LogP contribution >= 0.6 is 0 Å². The molecule has 0 unspecified atom stereocenters. The highest BCUT2D eigenvalue weighted by Gasteiger charge is 2.26. The standard InChI is InChI=1S/C16H13F2N3O2/c17-12-1-2-13(18)14(9-12)21-4-3-11(10-19)15(21)16(22)20-5-7-23-8-6-20/h1-4,9H,5-8H2. The highest BCUT2D eigenvalue weighted by molar-refractivity contribution is 5.96. The van der Waals surface area contributed by atoms with Crippen LogP contribution < -0.4 is 0 Å². The maximum absolute atomic E-state index is 14.0. The van der Waals surface area contributed by atoms with Gasteiger partial charge in [-0.1, -0.05) is 0 Å². The molecule has 23 heavy (non-hydrogen) atoms. The minimum atomic E-state index is -0.678. The largest absolute Gasteiger partial charge is 0.378 e. The van der Waals surface area contributed by atoms with Gasteiger partial charge in [0, 0.05) is 25.4 Å². The third-order valence-electron chi connectivity index (χ3n) is 3.68. The first kappa shape index (κ1) is 15.2. The van der Waals surface area contributed by atoms with Crippen molar-refractivity contribution in [3.05, 3.63) is 53.4 Å². The lowest BCUT2D eigenvalue weighted by Crippen LogP contribution is -2.41. The van der Waals surface area contributed by atoms with E-state index >= 15 is 0 Å². The van der Waals surface area contributed by atoms with E-state index in [-0.39, 0.29) is 16.9 Å². The van der Waals surface area contributed by atoms with Gasteiger partial charge in [0.2, 0.25) is 0 Å². The van der Waals surface area contributed by atoms with Crippen LogP contribution in [0.4, 0.5) is 8.78 Å². The summed E-state index contributed by atoms with van der Waals surface area (Å²) in [5, 5.41) is 9.22. The zero-order valence-corrected chi connectivity index (χ0v) is 12.1. The molecule has 1 aliphatic rings. The summed E-state index contributed by atoms with van der Waals surface area (Å²) in [6, 6.07) is 6.31. The lowest BCUT2D eigenvalue weighted by atomic mass is 10.2. The Morgan fingerprint density at radius 3 is 2.65 bits per heavy atom. The predicted octanol–water partition coefficient (Wildman–Crippen LogP) is 2.10. The van der Waals surface area contributed by atoms with E-state index in [2.05, 4.69) is 0 Å². The SMILES string of the molecule is N#Cc1ccn(-c2cc(F)ccc2F)c1C(=O)N1CCOCC1. The van der Waals surface area contributed by atoms with Crippen molar-refractivity contribution in [3.63, 3.8) is 0 Å². The molecule has 2 heterocycles. The molecule has 0 radical (unpaired) electrons. The fourth-order valence-electron chi connectivity index (χ4n) is 2.53. The number of nitriles is 1. The molecule has 0 spiro atoms. The quantitative estimate of drug-likeness (QED) is 0.852. The Hall–Kier alpha value is -2.72. The van der Waals surface area contributed by atoms with E-state index in [9.17, 15) is 18.8 Å². The molecule has 1 fully saturated rings. The Kier molecular flexibility index (Phi) is 4.08. The van der Waals surface area contributed by atoms with Gasteiger partial charge >= 0.3 is 0 Å². The maximum atomic E-state index is 14.0. The molecule has 0 atom stereocenters. The number of morpholine rings is 1. The number of halogens is 2. The summed E-state index contributed by atoms with van der Waals surface area (Å²) in [7, 11) is 0. The second kappa shape index (κ2) is 6.18. The van der Waals surface area contributed by atoms with Crippen LogP contribution in [0.3, 0.4) is 0 Å². The van der Waals surface area contributed by atoms with Crippen LogP contribution in [0.15, 0.2) is 30.5 Å². The first-order valence-corrected chi connectivity index (χ1v) is 7.05. The van der Waals surface area contributed by atoms with Crippen LogP contribution in [0.5, 0.6) is 0 Å². The summed E-state index contributed by atoms with van der Waals surface area (Å²) in [6.45, 7) is 1.59. The van der Waals surface area contributed by atoms with Gasteiger partial charge < -0.3 is 14.2 Å². The average molecular weight is 317 g/mol. The Bertz CT molecular complexity index is 789. The molecular formula is C16H13F2N3O2. The molecule has 1 aliphatic heterocycles. The highest BCUT2D eigenvalue weighted by Crippen LogP contribution is 2.22. The molecule has 118 valence electrons. The number of carbonyl (C=O) groups excluding carboxylic acids is 1. The van der Waals surface area contributed by atoms with Gasteiger partial charge in [-0.05, 0) is 18.2 Å². The second-order valence-electron chi connectivity index (χ2n) is 5.06. The van der Waals surface area contributed by atoms with Gasteiger partial charge in [-0.25, -0.2) is 8.78 Å². The number of benzene rings is 1. The van der Waals surface area contributed by atoms with Crippen molar-refractivity contribution in [1.82, 2.24) is 9.47 Å². The number of hydrogen-bond acceptors (Lipinski definition) is 3. The van der Waals surface area contributed by atoms with E-state index in [0.717, 1.165) is 18.2 Å². The second-order valence-corrected chi connectivity index (χ2v) is 5.06. The molecule has 2 aromatic rings. The van der Waals surface area contributed by atoms with Crippen LogP contribution in [0.25, 0.3) is 5.69 Å². The summed E-state index contributed by atoms with van der Waals surface area (Å²) in [4.78, 5) is 14.2. The molecule has 7 heteroatoms.